The van der Waals surface area contributed by atoms with Crippen molar-refractivity contribution < 1.29 is 8.83 Å². The number of nitrogens with zero attached hydrogens (tertiary/aromatic N) is 2. The van der Waals surface area contributed by atoms with E-state index in [0.29, 0.717) is 0 Å². The molecular formula is C62H40N2O2S2. The molecule has 0 spiro atoms. The first-order valence-corrected chi connectivity index (χ1v) is 23.6. The van der Waals surface area contributed by atoms with Crippen LogP contribution in [0.4, 0.5) is 34.1 Å². The third-order valence-electron chi connectivity index (χ3n) is 13.2. The number of benzene rings is 11. The highest BCUT2D eigenvalue weighted by molar-refractivity contribution is 7.80. The molecule has 2 heterocycles. The number of anilines is 6. The topological polar surface area (TPSA) is 32.8 Å². The molecule has 0 saturated heterocycles. The van der Waals surface area contributed by atoms with Gasteiger partial charge in [-0.25, -0.2) is 0 Å². The summed E-state index contributed by atoms with van der Waals surface area (Å²) in [6.45, 7) is 0. The summed E-state index contributed by atoms with van der Waals surface area (Å²) in [7, 11) is 0. The standard InChI is InChI=1S/C62H40N2O2S2/c67-59-19-11-10-18-51(59)40-20-24-47(25-21-40)63(45-14-6-2-7-15-45)48-26-22-41-34-54-53-30-31-56-61(62(53)66-57(54)36-43(41)32-48)55-35-42-23-27-49(33-44(42)37-58(55)65-56)64(46-16-8-3-9-17-46)50-28-29-52(60(68)38-50)39-12-4-1-5-13-39/h1-38,67-68H. The van der Waals surface area contributed by atoms with Gasteiger partial charge < -0.3 is 18.6 Å². The Morgan fingerprint density at radius 1 is 0.294 bits per heavy atom. The maximum Gasteiger partial charge on any atom is 0.147 e. The normalized spacial score (nSPS) is 11.7. The van der Waals surface area contributed by atoms with Crippen LogP contribution in [0, 0.1) is 0 Å². The van der Waals surface area contributed by atoms with E-state index in [-0.39, 0.29) is 0 Å². The minimum Gasteiger partial charge on any atom is -0.456 e. The van der Waals surface area contributed by atoms with Gasteiger partial charge in [0, 0.05) is 60.1 Å². The number of para-hydroxylation sites is 2. The predicted octanol–water partition coefficient (Wildman–Crippen LogP) is 18.6. The monoisotopic (exact) mass is 908 g/mol. The highest BCUT2D eigenvalue weighted by Gasteiger charge is 2.21. The van der Waals surface area contributed by atoms with Crippen LogP contribution >= 0.6 is 25.3 Å². The first-order valence-electron chi connectivity index (χ1n) is 22.7. The highest BCUT2D eigenvalue weighted by Crippen LogP contribution is 2.45. The van der Waals surface area contributed by atoms with Crippen LogP contribution in [0.1, 0.15) is 0 Å². The number of thiol groups is 2. The fraction of sp³-hybridized carbons (Fsp3) is 0. The van der Waals surface area contributed by atoms with Crippen molar-refractivity contribution in [1.29, 1.82) is 0 Å². The largest absolute Gasteiger partial charge is 0.456 e. The molecule has 0 aliphatic rings. The first-order chi connectivity index (χ1) is 33.5. The summed E-state index contributed by atoms with van der Waals surface area (Å²) in [5, 5.41) is 8.56. The molecule has 0 aliphatic carbocycles. The van der Waals surface area contributed by atoms with Crippen LogP contribution in [0.15, 0.2) is 249 Å². The van der Waals surface area contributed by atoms with Gasteiger partial charge in [-0.15, -0.1) is 25.3 Å². The van der Waals surface area contributed by atoms with Gasteiger partial charge in [-0.05, 0) is 159 Å². The molecule has 0 N–H and O–H groups in total. The van der Waals surface area contributed by atoms with Crippen LogP contribution in [0.5, 0.6) is 0 Å². The van der Waals surface area contributed by atoms with Gasteiger partial charge in [0.25, 0.3) is 0 Å². The van der Waals surface area contributed by atoms with Crippen molar-refractivity contribution in [2.45, 2.75) is 9.79 Å². The molecule has 322 valence electrons. The maximum absolute atomic E-state index is 6.89. The van der Waals surface area contributed by atoms with Gasteiger partial charge in [0.2, 0.25) is 0 Å². The molecule has 13 aromatic rings. The second-order valence-corrected chi connectivity index (χ2v) is 18.2. The number of furan rings is 2. The molecule has 13 rings (SSSR count). The second kappa shape index (κ2) is 16.3. The first kappa shape index (κ1) is 40.1. The van der Waals surface area contributed by atoms with Crippen molar-refractivity contribution in [3.63, 3.8) is 0 Å². The van der Waals surface area contributed by atoms with Crippen molar-refractivity contribution in [2.24, 2.45) is 0 Å². The van der Waals surface area contributed by atoms with Gasteiger partial charge in [0.1, 0.15) is 22.3 Å². The quantitative estimate of drug-likeness (QED) is 0.149. The SMILES string of the molecule is Sc1ccccc1-c1ccc(N(c2ccccc2)c2ccc3cc4c(cc3c2)oc2c4ccc3oc4cc5cc(N(c6ccccc6)c6ccc(-c7ccccc7)c(S)c6)ccc5cc4c32)cc1. The summed E-state index contributed by atoms with van der Waals surface area (Å²) in [5.41, 5.74) is 14.0. The van der Waals surface area contributed by atoms with Crippen molar-refractivity contribution >= 4 is 125 Å². The van der Waals surface area contributed by atoms with Crippen LogP contribution in [-0.2, 0) is 0 Å². The number of hydrogen-bond acceptors (Lipinski definition) is 6. The Hall–Kier alpha value is -8.16. The molecular weight excluding hydrogens is 869 g/mol. The zero-order valence-corrected chi connectivity index (χ0v) is 38.3. The van der Waals surface area contributed by atoms with Crippen molar-refractivity contribution in [3.05, 3.63) is 231 Å². The van der Waals surface area contributed by atoms with Gasteiger partial charge in [-0.3, -0.25) is 0 Å². The second-order valence-electron chi connectivity index (χ2n) is 17.3. The van der Waals surface area contributed by atoms with Gasteiger partial charge in [0.05, 0.1) is 5.39 Å². The van der Waals surface area contributed by atoms with E-state index in [9.17, 15) is 0 Å². The summed E-state index contributed by atoms with van der Waals surface area (Å²) >= 11 is 9.70. The Bertz CT molecular complexity index is 4050. The molecule has 0 radical (unpaired) electrons. The molecule has 0 bridgehead atoms. The van der Waals surface area contributed by atoms with Crippen molar-refractivity contribution in [2.75, 3.05) is 9.80 Å². The zero-order valence-electron chi connectivity index (χ0n) is 36.5. The van der Waals surface area contributed by atoms with E-state index in [0.717, 1.165) is 132 Å². The summed E-state index contributed by atoms with van der Waals surface area (Å²) in [6.07, 6.45) is 0. The van der Waals surface area contributed by atoms with Gasteiger partial charge in [0.15, 0.2) is 0 Å². The lowest BCUT2D eigenvalue weighted by molar-refractivity contribution is 0.663. The minimum absolute atomic E-state index is 0.794. The predicted molar refractivity (Wildman–Crippen MR) is 291 cm³/mol. The number of rotatable bonds is 8. The number of fused-ring (bicyclic) bond motifs is 9. The summed E-state index contributed by atoms with van der Waals surface area (Å²) in [5.74, 6) is 0. The molecule has 0 amide bonds. The number of hydrogen-bond donors (Lipinski definition) is 2. The van der Waals surface area contributed by atoms with E-state index in [1.165, 1.54) is 0 Å². The highest BCUT2D eigenvalue weighted by atomic mass is 32.1. The smallest absolute Gasteiger partial charge is 0.147 e. The average molecular weight is 909 g/mol. The summed E-state index contributed by atoms with van der Waals surface area (Å²) in [4.78, 5) is 6.45. The average Bonchev–Trinajstić information content (AvgIpc) is 3.93. The van der Waals surface area contributed by atoms with E-state index < -0.39 is 0 Å². The molecule has 0 atom stereocenters. The Balaban J connectivity index is 0.890. The maximum atomic E-state index is 6.89. The van der Waals surface area contributed by atoms with Gasteiger partial charge in [-0.2, -0.15) is 0 Å². The van der Waals surface area contributed by atoms with E-state index >= 15 is 0 Å². The fourth-order valence-electron chi connectivity index (χ4n) is 9.91. The molecule has 11 aromatic carbocycles. The Morgan fingerprint density at radius 3 is 1.44 bits per heavy atom. The van der Waals surface area contributed by atoms with Crippen LogP contribution in [0.25, 0.3) is 87.7 Å². The molecule has 68 heavy (non-hydrogen) atoms. The summed E-state index contributed by atoms with van der Waals surface area (Å²) < 4.78 is 13.5. The lowest BCUT2D eigenvalue weighted by atomic mass is 10.0. The molecule has 2 aromatic heterocycles. The molecule has 0 saturated carbocycles. The van der Waals surface area contributed by atoms with Crippen LogP contribution in [0.2, 0.25) is 0 Å². The van der Waals surface area contributed by atoms with Crippen molar-refractivity contribution in [3.8, 4) is 22.3 Å². The lowest BCUT2D eigenvalue weighted by Gasteiger charge is -2.26. The molecule has 0 fully saturated rings. The third kappa shape index (κ3) is 6.88. The van der Waals surface area contributed by atoms with E-state index in [4.69, 9.17) is 34.1 Å². The molecule has 0 aliphatic heterocycles. The third-order valence-corrected chi connectivity index (χ3v) is 13.9. The van der Waals surface area contributed by atoms with Crippen molar-refractivity contribution in [1.82, 2.24) is 0 Å². The molecule has 0 unspecified atom stereocenters. The molecule has 4 nitrogen and oxygen atoms in total. The Morgan fingerprint density at radius 2 is 0.794 bits per heavy atom. The van der Waals surface area contributed by atoms with E-state index in [2.05, 4.69) is 216 Å². The molecule has 6 heteroatoms. The minimum atomic E-state index is 0.794. The van der Waals surface area contributed by atoms with Gasteiger partial charge >= 0.3 is 0 Å². The van der Waals surface area contributed by atoms with E-state index in [1.54, 1.807) is 0 Å². The fourth-order valence-corrected chi connectivity index (χ4v) is 10.5. The zero-order chi connectivity index (χ0) is 45.3. The van der Waals surface area contributed by atoms with Crippen LogP contribution < -0.4 is 9.80 Å². The Labute approximate surface area is 403 Å². The lowest BCUT2D eigenvalue weighted by Crippen LogP contribution is -2.10. The summed E-state index contributed by atoms with van der Waals surface area (Å²) in [6, 6.07) is 81.1. The van der Waals surface area contributed by atoms with Crippen LogP contribution in [-0.4, -0.2) is 0 Å². The Kier molecular flexibility index (Phi) is 9.63. The van der Waals surface area contributed by atoms with Crippen LogP contribution in [0.3, 0.4) is 0 Å². The van der Waals surface area contributed by atoms with E-state index in [1.807, 2.05) is 24.3 Å². The van der Waals surface area contributed by atoms with Gasteiger partial charge in [-0.1, -0.05) is 115 Å².